The number of amides is 1. The number of para-hydroxylation sites is 1. The average Bonchev–Trinajstić information content (AvgIpc) is 3.76. The quantitative estimate of drug-likeness (QED) is 0.121. The van der Waals surface area contributed by atoms with Crippen LogP contribution in [-0.4, -0.2) is 40.8 Å². The number of carbonyl (C=O) groups excluding carboxylic acids is 1. The number of anilines is 1. The van der Waals surface area contributed by atoms with Gasteiger partial charge in [0.2, 0.25) is 5.91 Å². The number of thiazole rings is 1. The second kappa shape index (κ2) is 16.4. The molecule has 1 unspecified atom stereocenters. The topological polar surface area (TPSA) is 101 Å². The molecule has 1 amide bonds. The average molecular weight is 666 g/mol. The SMILES string of the molecule is CCCC(CCC)c1ccc(COc2ccc(-c3csc(CN(C(=O)CC4(CC(=O)O)C=CC=N4)c4ccccc4)n3)cc2OC)cc1. The van der Waals surface area contributed by atoms with E-state index in [4.69, 9.17) is 14.5 Å². The molecule has 1 aromatic heterocycles. The predicted molar refractivity (Wildman–Crippen MR) is 192 cm³/mol. The number of aliphatic carboxylic acids is 1. The molecule has 0 spiro atoms. The van der Waals surface area contributed by atoms with Gasteiger partial charge >= 0.3 is 5.97 Å². The zero-order valence-electron chi connectivity index (χ0n) is 27.8. The summed E-state index contributed by atoms with van der Waals surface area (Å²) in [6.07, 6.45) is 9.39. The fraction of sp³-hybridized carbons (Fsp3) is 0.333. The smallest absolute Gasteiger partial charge is 0.306 e. The maximum Gasteiger partial charge on any atom is 0.306 e. The van der Waals surface area contributed by atoms with Crippen molar-refractivity contribution in [2.75, 3.05) is 12.0 Å². The lowest BCUT2D eigenvalue weighted by Gasteiger charge is -2.27. The Hall–Kier alpha value is -4.76. The molecule has 5 rings (SSSR count). The molecule has 0 bridgehead atoms. The van der Waals surface area contributed by atoms with Crippen molar-refractivity contribution in [3.63, 3.8) is 0 Å². The van der Waals surface area contributed by atoms with Gasteiger partial charge in [-0.2, -0.15) is 0 Å². The van der Waals surface area contributed by atoms with E-state index in [1.165, 1.54) is 42.6 Å². The highest BCUT2D eigenvalue weighted by molar-refractivity contribution is 7.10. The molecule has 0 saturated carbocycles. The maximum absolute atomic E-state index is 13.7. The number of carboxylic acid groups (broad SMARTS) is 1. The van der Waals surface area contributed by atoms with Crippen LogP contribution >= 0.6 is 11.3 Å². The minimum absolute atomic E-state index is 0.0690. The molecule has 250 valence electrons. The fourth-order valence-electron chi connectivity index (χ4n) is 6.10. The van der Waals surface area contributed by atoms with Gasteiger partial charge in [0.1, 0.15) is 11.6 Å². The number of methoxy groups -OCH3 is 1. The number of carboxylic acids is 1. The number of nitrogens with zero attached hydrogens (tertiary/aromatic N) is 3. The Bertz CT molecular complexity index is 1710. The van der Waals surface area contributed by atoms with Crippen molar-refractivity contribution in [1.29, 1.82) is 0 Å². The second-order valence-electron chi connectivity index (χ2n) is 12.1. The summed E-state index contributed by atoms with van der Waals surface area (Å²) < 4.78 is 11.9. The molecule has 4 aromatic rings. The molecule has 1 aliphatic rings. The van der Waals surface area contributed by atoms with Crippen molar-refractivity contribution < 1.29 is 24.2 Å². The summed E-state index contributed by atoms with van der Waals surface area (Å²) in [5, 5.41) is 12.2. The number of hydrogen-bond donors (Lipinski definition) is 1. The van der Waals surface area contributed by atoms with Crippen LogP contribution in [0.25, 0.3) is 11.3 Å². The number of allylic oxidation sites excluding steroid dienone is 1. The molecule has 48 heavy (non-hydrogen) atoms. The van der Waals surface area contributed by atoms with Crippen molar-refractivity contribution in [3.05, 3.63) is 106 Å². The lowest BCUT2D eigenvalue weighted by molar-refractivity contribution is -0.138. The summed E-state index contributed by atoms with van der Waals surface area (Å²) >= 11 is 1.46. The molecule has 1 aliphatic heterocycles. The van der Waals surface area contributed by atoms with E-state index in [1.54, 1.807) is 30.4 Å². The Morgan fingerprint density at radius 1 is 0.958 bits per heavy atom. The largest absolute Gasteiger partial charge is 0.493 e. The van der Waals surface area contributed by atoms with Crippen LogP contribution in [-0.2, 0) is 22.7 Å². The number of ether oxygens (including phenoxy) is 2. The molecule has 0 saturated heterocycles. The lowest BCUT2D eigenvalue weighted by Crippen LogP contribution is -2.38. The number of hydrogen-bond acceptors (Lipinski definition) is 7. The molecule has 0 fully saturated rings. The van der Waals surface area contributed by atoms with Gasteiger partial charge in [-0.15, -0.1) is 11.3 Å². The molecular formula is C39H43N3O5S. The van der Waals surface area contributed by atoms with Crippen molar-refractivity contribution in [3.8, 4) is 22.8 Å². The van der Waals surface area contributed by atoms with Gasteiger partial charge in [-0.25, -0.2) is 4.98 Å². The predicted octanol–water partition coefficient (Wildman–Crippen LogP) is 8.86. The van der Waals surface area contributed by atoms with Gasteiger partial charge in [0.25, 0.3) is 0 Å². The molecule has 1 atom stereocenters. The van der Waals surface area contributed by atoms with Crippen LogP contribution in [0.3, 0.4) is 0 Å². The Morgan fingerprint density at radius 2 is 1.71 bits per heavy atom. The first-order valence-electron chi connectivity index (χ1n) is 16.5. The highest BCUT2D eigenvalue weighted by atomic mass is 32.1. The van der Waals surface area contributed by atoms with Crippen LogP contribution in [0.15, 0.2) is 95.3 Å². The van der Waals surface area contributed by atoms with Gasteiger partial charge in [-0.05, 0) is 66.3 Å². The normalized spacial score (nSPS) is 15.2. The van der Waals surface area contributed by atoms with Crippen LogP contribution in [0.2, 0.25) is 0 Å². The van der Waals surface area contributed by atoms with Crippen LogP contribution in [0, 0.1) is 0 Å². The summed E-state index contributed by atoms with van der Waals surface area (Å²) in [7, 11) is 1.62. The third-order valence-electron chi connectivity index (χ3n) is 8.53. The molecule has 8 nitrogen and oxygen atoms in total. The zero-order chi connectivity index (χ0) is 33.9. The van der Waals surface area contributed by atoms with E-state index >= 15 is 0 Å². The molecule has 3 aromatic carbocycles. The number of benzene rings is 3. The summed E-state index contributed by atoms with van der Waals surface area (Å²) in [6, 6.07) is 23.9. The first-order valence-corrected chi connectivity index (χ1v) is 17.4. The van der Waals surface area contributed by atoms with Gasteiger partial charge in [-0.3, -0.25) is 14.6 Å². The van der Waals surface area contributed by atoms with E-state index in [0.29, 0.717) is 29.7 Å². The third kappa shape index (κ3) is 8.77. The first kappa shape index (κ1) is 34.6. The zero-order valence-corrected chi connectivity index (χ0v) is 28.6. The first-order chi connectivity index (χ1) is 23.3. The Morgan fingerprint density at radius 3 is 2.35 bits per heavy atom. The highest BCUT2D eigenvalue weighted by Crippen LogP contribution is 2.35. The Kier molecular flexibility index (Phi) is 11.8. The van der Waals surface area contributed by atoms with Gasteiger partial charge < -0.3 is 19.5 Å². The van der Waals surface area contributed by atoms with Crippen molar-refractivity contribution in [2.45, 2.75) is 77.0 Å². The Balaban J connectivity index is 1.28. The van der Waals surface area contributed by atoms with E-state index in [1.807, 2.05) is 53.9 Å². The van der Waals surface area contributed by atoms with Gasteiger partial charge in [0.15, 0.2) is 11.5 Å². The number of aromatic nitrogens is 1. The van der Waals surface area contributed by atoms with Crippen LogP contribution < -0.4 is 14.4 Å². The summed E-state index contributed by atoms with van der Waals surface area (Å²) in [5.41, 5.74) is 3.73. The number of rotatable bonds is 17. The second-order valence-corrected chi connectivity index (χ2v) is 13.0. The van der Waals surface area contributed by atoms with Crippen molar-refractivity contribution in [1.82, 2.24) is 4.98 Å². The monoisotopic (exact) mass is 665 g/mol. The van der Waals surface area contributed by atoms with Gasteiger partial charge in [0, 0.05) is 22.8 Å². The standard InChI is InChI=1S/C39H43N3O5S/c1-4-10-29(11-5-2)30-16-14-28(15-17-30)26-47-34-19-18-31(22-35(34)46-3)33-27-48-36(41-33)25-42(32-12-7-6-8-13-32)37(43)23-39(24-38(44)45)20-9-21-40-39/h6-9,12-22,27,29H,4-5,10-11,23-26H2,1-3H3,(H,44,45). The molecule has 2 heterocycles. The Labute approximate surface area is 286 Å². The lowest BCUT2D eigenvalue weighted by atomic mass is 9.90. The van der Waals surface area contributed by atoms with Gasteiger partial charge in [0.05, 0.1) is 37.7 Å². The van der Waals surface area contributed by atoms with Crippen LogP contribution in [0.1, 0.15) is 74.4 Å². The summed E-state index contributed by atoms with van der Waals surface area (Å²) in [4.78, 5) is 36.2. The number of aliphatic imine (C=N–C) groups is 1. The van der Waals surface area contributed by atoms with Gasteiger partial charge in [-0.1, -0.05) is 75.2 Å². The molecular weight excluding hydrogens is 623 g/mol. The minimum Gasteiger partial charge on any atom is -0.493 e. The van der Waals surface area contributed by atoms with E-state index in [-0.39, 0.29) is 25.3 Å². The molecule has 0 aliphatic carbocycles. The molecule has 1 N–H and O–H groups in total. The number of carbonyl (C=O) groups is 2. The van der Waals surface area contributed by atoms with Crippen molar-refractivity contribution >= 4 is 35.1 Å². The van der Waals surface area contributed by atoms with E-state index < -0.39 is 11.5 Å². The third-order valence-corrected chi connectivity index (χ3v) is 9.37. The van der Waals surface area contributed by atoms with E-state index in [9.17, 15) is 14.7 Å². The van der Waals surface area contributed by atoms with Crippen LogP contribution in [0.4, 0.5) is 5.69 Å². The van der Waals surface area contributed by atoms with E-state index in [2.05, 4.69) is 43.1 Å². The van der Waals surface area contributed by atoms with E-state index in [0.717, 1.165) is 21.8 Å². The highest BCUT2D eigenvalue weighted by Gasteiger charge is 2.36. The maximum atomic E-state index is 13.7. The summed E-state index contributed by atoms with van der Waals surface area (Å²) in [6.45, 7) is 5.15. The van der Waals surface area contributed by atoms with Crippen LogP contribution in [0.5, 0.6) is 11.5 Å². The molecule has 0 radical (unpaired) electrons. The summed E-state index contributed by atoms with van der Waals surface area (Å²) in [5.74, 6) is 0.624. The minimum atomic E-state index is -1.10. The molecule has 9 heteroatoms. The fourth-order valence-corrected chi connectivity index (χ4v) is 6.89. The van der Waals surface area contributed by atoms with Crippen molar-refractivity contribution in [2.24, 2.45) is 4.99 Å².